The van der Waals surface area contributed by atoms with Gasteiger partial charge in [-0.2, -0.15) is 0 Å². The number of hydrogen-bond donors (Lipinski definition) is 1. The highest BCUT2D eigenvalue weighted by Gasteiger charge is 2.45. The van der Waals surface area contributed by atoms with Crippen LogP contribution in [0.2, 0.25) is 0 Å². The second kappa shape index (κ2) is 11.1. The Kier molecular flexibility index (Phi) is 7.71. The molecule has 3 aromatic carbocycles. The van der Waals surface area contributed by atoms with Crippen LogP contribution >= 0.6 is 0 Å². The number of likely N-dealkylation sites (tertiary alicyclic amines) is 1. The fourth-order valence-electron chi connectivity index (χ4n) is 4.18. The van der Waals surface area contributed by atoms with Gasteiger partial charge in [-0.3, -0.25) is 9.59 Å². The molecule has 0 spiro atoms. The first-order valence-electron chi connectivity index (χ1n) is 11.7. The van der Waals surface area contributed by atoms with Crippen LogP contribution in [0.15, 0.2) is 84.4 Å². The predicted octanol–water partition coefficient (Wildman–Crippen LogP) is 4.26. The maximum Gasteiger partial charge on any atom is 0.295 e. The van der Waals surface area contributed by atoms with E-state index in [2.05, 4.69) is 0 Å². The summed E-state index contributed by atoms with van der Waals surface area (Å²) in [5.41, 5.74) is 2.24. The number of amides is 1. The molecular weight excluding hydrogens is 456 g/mol. The molecule has 1 heterocycles. The highest BCUT2D eigenvalue weighted by molar-refractivity contribution is 6.46. The Balaban J connectivity index is 1.69. The fraction of sp³-hybridized carbons (Fsp3) is 0.241. The van der Waals surface area contributed by atoms with E-state index < -0.39 is 17.7 Å². The zero-order chi connectivity index (χ0) is 25.7. The first kappa shape index (κ1) is 25.0. The molecule has 7 heteroatoms. The highest BCUT2D eigenvalue weighted by Crippen LogP contribution is 2.40. The topological polar surface area (TPSA) is 79.3 Å². The lowest BCUT2D eigenvalue weighted by atomic mass is 9.95. The number of likely N-dealkylation sites (N-methyl/N-ethyl adjacent to an activating group) is 1. The number of Topliss-reactive ketones (excluding diaryl/α,β-unsaturated/α-hetero) is 1. The van der Waals surface area contributed by atoms with Gasteiger partial charge in [-0.25, -0.2) is 0 Å². The molecule has 1 aliphatic rings. The summed E-state index contributed by atoms with van der Waals surface area (Å²) >= 11 is 0. The van der Waals surface area contributed by atoms with E-state index in [-0.39, 0.29) is 11.3 Å². The minimum atomic E-state index is -0.723. The lowest BCUT2D eigenvalue weighted by Gasteiger charge is -2.26. The van der Waals surface area contributed by atoms with Crippen molar-refractivity contribution in [1.82, 2.24) is 9.80 Å². The number of hydrogen-bond acceptors (Lipinski definition) is 6. The van der Waals surface area contributed by atoms with E-state index in [0.29, 0.717) is 42.3 Å². The van der Waals surface area contributed by atoms with Crippen LogP contribution < -0.4 is 9.47 Å². The summed E-state index contributed by atoms with van der Waals surface area (Å²) in [4.78, 5) is 29.7. The van der Waals surface area contributed by atoms with Gasteiger partial charge in [0.05, 0.1) is 18.7 Å². The summed E-state index contributed by atoms with van der Waals surface area (Å²) in [5, 5.41) is 11.2. The third kappa shape index (κ3) is 5.42. The zero-order valence-electron chi connectivity index (χ0n) is 20.7. The lowest BCUT2D eigenvalue weighted by molar-refractivity contribution is -0.140. The molecule has 0 aliphatic carbocycles. The van der Waals surface area contributed by atoms with E-state index in [9.17, 15) is 14.7 Å². The second-order valence-electron chi connectivity index (χ2n) is 8.87. The highest BCUT2D eigenvalue weighted by atomic mass is 16.5. The van der Waals surface area contributed by atoms with Crippen LogP contribution in [-0.4, -0.2) is 60.9 Å². The van der Waals surface area contributed by atoms with Crippen LogP contribution in [0.3, 0.4) is 0 Å². The minimum Gasteiger partial charge on any atom is -0.507 e. The average Bonchev–Trinajstić information content (AvgIpc) is 3.16. The van der Waals surface area contributed by atoms with Gasteiger partial charge >= 0.3 is 0 Å². The molecule has 1 aliphatic heterocycles. The van der Waals surface area contributed by atoms with Gasteiger partial charge in [0, 0.05) is 18.7 Å². The third-order valence-electron chi connectivity index (χ3n) is 6.12. The van der Waals surface area contributed by atoms with E-state index in [1.165, 1.54) is 12.0 Å². The van der Waals surface area contributed by atoms with Crippen LogP contribution in [0, 0.1) is 0 Å². The Hall–Kier alpha value is -4.10. The zero-order valence-corrected chi connectivity index (χ0v) is 20.7. The Morgan fingerprint density at radius 1 is 0.944 bits per heavy atom. The van der Waals surface area contributed by atoms with Crippen molar-refractivity contribution in [3.63, 3.8) is 0 Å². The number of carbonyl (C=O) groups excluding carboxylic acids is 2. The molecule has 0 aromatic heterocycles. The van der Waals surface area contributed by atoms with Crippen LogP contribution in [-0.2, 0) is 16.2 Å². The van der Waals surface area contributed by atoms with Crippen molar-refractivity contribution >= 4 is 17.4 Å². The van der Waals surface area contributed by atoms with E-state index in [1.807, 2.05) is 73.6 Å². The van der Waals surface area contributed by atoms with E-state index in [0.717, 1.165) is 5.56 Å². The van der Waals surface area contributed by atoms with Crippen molar-refractivity contribution < 1.29 is 24.2 Å². The molecule has 1 N–H and O–H groups in total. The van der Waals surface area contributed by atoms with E-state index >= 15 is 0 Å². The van der Waals surface area contributed by atoms with Crippen molar-refractivity contribution in [3.05, 3.63) is 101 Å². The first-order chi connectivity index (χ1) is 17.4. The van der Waals surface area contributed by atoms with Gasteiger partial charge in [-0.05, 0) is 49.5 Å². The Labute approximate surface area is 211 Å². The van der Waals surface area contributed by atoms with Gasteiger partial charge in [-0.15, -0.1) is 0 Å². The number of ether oxygens (including phenoxy) is 2. The van der Waals surface area contributed by atoms with Crippen molar-refractivity contribution in [2.24, 2.45) is 0 Å². The second-order valence-corrected chi connectivity index (χ2v) is 8.87. The largest absolute Gasteiger partial charge is 0.507 e. The number of benzene rings is 3. The molecular formula is C29H30N2O5. The molecule has 36 heavy (non-hydrogen) atoms. The Bertz CT molecular complexity index is 1250. The summed E-state index contributed by atoms with van der Waals surface area (Å²) in [6.45, 7) is 1.34. The van der Waals surface area contributed by atoms with Gasteiger partial charge < -0.3 is 24.4 Å². The number of aliphatic hydroxyl groups excluding tert-OH is 1. The summed E-state index contributed by atoms with van der Waals surface area (Å²) in [7, 11) is 5.34. The number of methoxy groups -OCH3 is 1. The van der Waals surface area contributed by atoms with Crippen LogP contribution in [0.4, 0.5) is 0 Å². The molecule has 186 valence electrons. The van der Waals surface area contributed by atoms with Gasteiger partial charge in [0.15, 0.2) is 0 Å². The van der Waals surface area contributed by atoms with Gasteiger partial charge in [0.2, 0.25) is 0 Å². The van der Waals surface area contributed by atoms with Crippen LogP contribution in [0.1, 0.15) is 22.7 Å². The molecule has 7 nitrogen and oxygen atoms in total. The molecule has 1 unspecified atom stereocenters. The molecule has 0 bridgehead atoms. The predicted molar refractivity (Wildman–Crippen MR) is 138 cm³/mol. The van der Waals surface area contributed by atoms with Crippen molar-refractivity contribution in [2.45, 2.75) is 12.6 Å². The number of nitrogens with zero attached hydrogens (tertiary/aromatic N) is 2. The average molecular weight is 487 g/mol. The normalized spacial score (nSPS) is 17.0. The monoisotopic (exact) mass is 486 g/mol. The van der Waals surface area contributed by atoms with E-state index in [4.69, 9.17) is 9.47 Å². The number of rotatable bonds is 9. The van der Waals surface area contributed by atoms with Crippen LogP contribution in [0.25, 0.3) is 5.76 Å². The molecule has 1 fully saturated rings. The Morgan fingerprint density at radius 3 is 2.33 bits per heavy atom. The van der Waals surface area contributed by atoms with Crippen molar-refractivity contribution in [2.75, 3.05) is 34.3 Å². The molecule has 1 amide bonds. The molecule has 0 radical (unpaired) electrons. The van der Waals surface area contributed by atoms with Crippen molar-refractivity contribution in [1.29, 1.82) is 0 Å². The summed E-state index contributed by atoms with van der Waals surface area (Å²) in [5.74, 6) is -0.355. The van der Waals surface area contributed by atoms with Gasteiger partial charge in [0.25, 0.3) is 11.7 Å². The maximum absolute atomic E-state index is 13.2. The standard InChI is InChI=1S/C29H30N2O5/c1-30(2)16-17-31-26(21-12-14-23(15-13-21)36-19-20-8-5-4-6-9-20)25(28(33)29(31)34)27(32)22-10-7-11-24(18-22)35-3/h4-15,18,26,32H,16-17,19H2,1-3H3/b27-25+. The quantitative estimate of drug-likeness (QED) is 0.277. The fourth-order valence-corrected chi connectivity index (χ4v) is 4.18. The summed E-state index contributed by atoms with van der Waals surface area (Å²) in [6.07, 6.45) is 0. The third-order valence-corrected chi connectivity index (χ3v) is 6.12. The number of ketones is 1. The van der Waals surface area contributed by atoms with Crippen molar-refractivity contribution in [3.8, 4) is 11.5 Å². The minimum absolute atomic E-state index is 0.0602. The maximum atomic E-state index is 13.2. The summed E-state index contributed by atoms with van der Waals surface area (Å²) in [6, 6.07) is 23.2. The van der Waals surface area contributed by atoms with Gasteiger partial charge in [0.1, 0.15) is 23.9 Å². The Morgan fingerprint density at radius 2 is 1.67 bits per heavy atom. The van der Waals surface area contributed by atoms with Crippen LogP contribution in [0.5, 0.6) is 11.5 Å². The molecule has 3 aromatic rings. The SMILES string of the molecule is COc1cccc(/C(O)=C2\C(=O)C(=O)N(CCN(C)C)C2c2ccc(OCc3ccccc3)cc2)c1. The smallest absolute Gasteiger partial charge is 0.295 e. The first-order valence-corrected chi connectivity index (χ1v) is 11.7. The molecule has 4 rings (SSSR count). The van der Waals surface area contributed by atoms with Gasteiger partial charge in [-0.1, -0.05) is 54.6 Å². The number of carbonyl (C=O) groups is 2. The number of aliphatic hydroxyl groups is 1. The van der Waals surface area contributed by atoms with E-state index in [1.54, 1.807) is 24.3 Å². The summed E-state index contributed by atoms with van der Waals surface area (Å²) < 4.78 is 11.2. The lowest BCUT2D eigenvalue weighted by Crippen LogP contribution is -2.35. The molecule has 1 saturated heterocycles. The molecule has 0 saturated carbocycles. The molecule has 1 atom stereocenters.